The third kappa shape index (κ3) is 4.70. The van der Waals surface area contributed by atoms with Crippen molar-refractivity contribution in [3.8, 4) is 5.75 Å². The quantitative estimate of drug-likeness (QED) is 0.808. The molecule has 0 bridgehead atoms. The Labute approximate surface area is 160 Å². The van der Waals surface area contributed by atoms with Gasteiger partial charge in [-0.25, -0.2) is 0 Å². The first-order valence-corrected chi connectivity index (χ1v) is 9.26. The molecule has 1 aromatic carbocycles. The van der Waals surface area contributed by atoms with Gasteiger partial charge >= 0.3 is 0 Å². The average Bonchev–Trinajstić information content (AvgIpc) is 3.06. The third-order valence-corrected chi connectivity index (χ3v) is 5.05. The molecule has 3 rings (SSSR count). The van der Waals surface area contributed by atoms with Crippen LogP contribution in [-0.2, 0) is 29.5 Å². The zero-order chi connectivity index (χ0) is 19.4. The average molecular weight is 369 g/mol. The minimum absolute atomic E-state index is 0.106. The summed E-state index contributed by atoms with van der Waals surface area (Å²) in [7, 11) is 3.59. The summed E-state index contributed by atoms with van der Waals surface area (Å²) in [5.41, 5.74) is 3.04. The summed E-state index contributed by atoms with van der Waals surface area (Å²) >= 11 is 0. The van der Waals surface area contributed by atoms with Crippen molar-refractivity contribution in [3.63, 3.8) is 0 Å². The minimum Gasteiger partial charge on any atom is -0.496 e. The number of carbonyl (C=O) groups is 2. The molecule has 27 heavy (non-hydrogen) atoms. The summed E-state index contributed by atoms with van der Waals surface area (Å²) in [6.07, 6.45) is 4.71. The summed E-state index contributed by atoms with van der Waals surface area (Å²) < 4.78 is 7.21. The van der Waals surface area contributed by atoms with Gasteiger partial charge in [0.05, 0.1) is 20.0 Å². The van der Waals surface area contributed by atoms with Crippen LogP contribution in [0.2, 0.25) is 0 Å². The molecule has 0 saturated carbocycles. The standard InChI is InChI=1S/C21H27N3O3/c1-16-12-17(4-5-19(16)27-3)13-20(25)23-8-10-24(11-9-23)21(26)14-18-6-7-22(2)15-18/h4-7,12,15H,8-11,13-14H2,1-3H3. The molecule has 0 N–H and O–H groups in total. The second-order valence-electron chi connectivity index (χ2n) is 7.10. The van der Waals surface area contributed by atoms with Gasteiger partial charge in [0.15, 0.2) is 0 Å². The van der Waals surface area contributed by atoms with Gasteiger partial charge in [-0.15, -0.1) is 0 Å². The van der Waals surface area contributed by atoms with Crippen LogP contribution in [0.3, 0.4) is 0 Å². The second-order valence-corrected chi connectivity index (χ2v) is 7.10. The van der Waals surface area contributed by atoms with Crippen LogP contribution in [0.4, 0.5) is 0 Å². The monoisotopic (exact) mass is 369 g/mol. The summed E-state index contributed by atoms with van der Waals surface area (Å²) in [5, 5.41) is 0. The SMILES string of the molecule is COc1ccc(CC(=O)N2CCN(C(=O)Cc3ccn(C)c3)CC2)cc1C. The first-order chi connectivity index (χ1) is 13.0. The number of aromatic nitrogens is 1. The van der Waals surface area contributed by atoms with E-state index < -0.39 is 0 Å². The van der Waals surface area contributed by atoms with Crippen molar-refractivity contribution in [2.75, 3.05) is 33.3 Å². The fraction of sp³-hybridized carbons (Fsp3) is 0.429. The molecule has 2 aromatic rings. The molecule has 2 amide bonds. The van der Waals surface area contributed by atoms with Gasteiger partial charge in [0.1, 0.15) is 5.75 Å². The lowest BCUT2D eigenvalue weighted by atomic mass is 10.1. The van der Waals surface area contributed by atoms with Crippen LogP contribution in [0.5, 0.6) is 5.75 Å². The van der Waals surface area contributed by atoms with Crippen molar-refractivity contribution >= 4 is 11.8 Å². The predicted molar refractivity (Wildman–Crippen MR) is 104 cm³/mol. The highest BCUT2D eigenvalue weighted by molar-refractivity contribution is 5.81. The maximum atomic E-state index is 12.6. The van der Waals surface area contributed by atoms with Gasteiger partial charge in [0, 0.05) is 45.6 Å². The van der Waals surface area contributed by atoms with Gasteiger partial charge in [0.2, 0.25) is 11.8 Å². The Kier molecular flexibility index (Phi) is 5.84. The van der Waals surface area contributed by atoms with E-state index in [0.29, 0.717) is 39.0 Å². The Morgan fingerprint density at radius 3 is 2.04 bits per heavy atom. The molecular weight excluding hydrogens is 342 g/mol. The van der Waals surface area contributed by atoms with Gasteiger partial charge in [-0.1, -0.05) is 12.1 Å². The number of aryl methyl sites for hydroxylation is 2. The third-order valence-electron chi connectivity index (χ3n) is 5.05. The largest absolute Gasteiger partial charge is 0.496 e. The molecule has 2 heterocycles. The summed E-state index contributed by atoms with van der Waals surface area (Å²) in [5.74, 6) is 1.06. The van der Waals surface area contributed by atoms with Gasteiger partial charge in [-0.2, -0.15) is 0 Å². The van der Waals surface area contributed by atoms with E-state index in [0.717, 1.165) is 22.4 Å². The molecular formula is C21H27N3O3. The molecule has 0 unspecified atom stereocenters. The van der Waals surface area contributed by atoms with Gasteiger partial charge in [-0.3, -0.25) is 9.59 Å². The number of rotatable bonds is 5. The summed E-state index contributed by atoms with van der Waals surface area (Å²) in [4.78, 5) is 28.7. The zero-order valence-electron chi connectivity index (χ0n) is 16.3. The van der Waals surface area contributed by atoms with E-state index in [-0.39, 0.29) is 11.8 Å². The lowest BCUT2D eigenvalue weighted by Crippen LogP contribution is -2.51. The highest BCUT2D eigenvalue weighted by atomic mass is 16.5. The normalized spacial score (nSPS) is 14.3. The van der Waals surface area contributed by atoms with Crippen LogP contribution in [-0.4, -0.2) is 59.5 Å². The maximum absolute atomic E-state index is 12.6. The molecule has 1 aliphatic heterocycles. The molecule has 1 aromatic heterocycles. The number of nitrogens with zero attached hydrogens (tertiary/aromatic N) is 3. The molecule has 0 aliphatic carbocycles. The van der Waals surface area contributed by atoms with Crippen LogP contribution in [0.25, 0.3) is 0 Å². The number of ether oxygens (including phenoxy) is 1. The lowest BCUT2D eigenvalue weighted by molar-refractivity contribution is -0.138. The predicted octanol–water partition coefficient (Wildman–Crippen LogP) is 1.80. The molecule has 144 valence electrons. The molecule has 6 nitrogen and oxygen atoms in total. The van der Waals surface area contributed by atoms with E-state index in [1.165, 1.54) is 0 Å². The van der Waals surface area contributed by atoms with E-state index in [1.54, 1.807) is 7.11 Å². The van der Waals surface area contributed by atoms with E-state index >= 15 is 0 Å². The first-order valence-electron chi connectivity index (χ1n) is 9.26. The highest BCUT2D eigenvalue weighted by Crippen LogP contribution is 2.19. The van der Waals surface area contributed by atoms with E-state index in [2.05, 4.69) is 0 Å². The minimum atomic E-state index is 0.106. The number of amides is 2. The topological polar surface area (TPSA) is 54.8 Å². The number of benzene rings is 1. The second kappa shape index (κ2) is 8.29. The smallest absolute Gasteiger partial charge is 0.227 e. The molecule has 1 saturated heterocycles. The Morgan fingerprint density at radius 1 is 0.963 bits per heavy atom. The summed E-state index contributed by atoms with van der Waals surface area (Å²) in [6, 6.07) is 7.80. The van der Waals surface area contributed by atoms with Crippen molar-refractivity contribution in [1.82, 2.24) is 14.4 Å². The van der Waals surface area contributed by atoms with Crippen molar-refractivity contribution in [2.24, 2.45) is 7.05 Å². The molecule has 1 aliphatic rings. The Morgan fingerprint density at radius 2 is 1.56 bits per heavy atom. The molecule has 0 spiro atoms. The van der Waals surface area contributed by atoms with Gasteiger partial charge in [0.25, 0.3) is 0 Å². The maximum Gasteiger partial charge on any atom is 0.227 e. The Hall–Kier alpha value is -2.76. The fourth-order valence-electron chi connectivity index (χ4n) is 3.49. The molecule has 0 atom stereocenters. The summed E-state index contributed by atoms with van der Waals surface area (Å²) in [6.45, 7) is 4.35. The van der Waals surface area contributed by atoms with Gasteiger partial charge in [-0.05, 0) is 35.7 Å². The number of hydrogen-bond acceptors (Lipinski definition) is 3. The zero-order valence-corrected chi connectivity index (χ0v) is 16.3. The van der Waals surface area contributed by atoms with Crippen LogP contribution in [0.15, 0.2) is 36.7 Å². The van der Waals surface area contributed by atoms with E-state index in [4.69, 9.17) is 4.74 Å². The molecule has 6 heteroatoms. The van der Waals surface area contributed by atoms with Crippen molar-refractivity contribution in [1.29, 1.82) is 0 Å². The first kappa shape index (κ1) is 19.0. The number of piperazine rings is 1. The van der Waals surface area contributed by atoms with Crippen molar-refractivity contribution in [2.45, 2.75) is 19.8 Å². The number of carbonyl (C=O) groups excluding carboxylic acids is 2. The number of methoxy groups -OCH3 is 1. The van der Waals surface area contributed by atoms with Crippen LogP contribution >= 0.6 is 0 Å². The Balaban J connectivity index is 1.50. The molecule has 0 radical (unpaired) electrons. The van der Waals surface area contributed by atoms with Gasteiger partial charge < -0.3 is 19.1 Å². The van der Waals surface area contributed by atoms with Crippen molar-refractivity contribution in [3.05, 3.63) is 53.3 Å². The fourth-order valence-corrected chi connectivity index (χ4v) is 3.49. The van der Waals surface area contributed by atoms with Crippen molar-refractivity contribution < 1.29 is 14.3 Å². The van der Waals surface area contributed by atoms with Crippen LogP contribution in [0.1, 0.15) is 16.7 Å². The number of hydrogen-bond donors (Lipinski definition) is 0. The van der Waals surface area contributed by atoms with E-state index in [1.807, 2.05) is 65.0 Å². The molecule has 1 fully saturated rings. The van der Waals surface area contributed by atoms with Crippen LogP contribution < -0.4 is 4.74 Å². The Bertz CT molecular complexity index is 820. The highest BCUT2D eigenvalue weighted by Gasteiger charge is 2.24. The lowest BCUT2D eigenvalue weighted by Gasteiger charge is -2.35. The van der Waals surface area contributed by atoms with Crippen LogP contribution in [0, 0.1) is 6.92 Å². The van der Waals surface area contributed by atoms with E-state index in [9.17, 15) is 9.59 Å².